The lowest BCUT2D eigenvalue weighted by Gasteiger charge is -2.07. The standard InChI is InChI=1S/C16H13ClFNO/c17-13-5-3-12(4-6-13)16-10-15(20-19-16)9-11-1-7-14(18)8-2-11/h1-8,15H,9-10H2/t15-/m0/s1. The van der Waals surface area contributed by atoms with Crippen LogP contribution < -0.4 is 0 Å². The van der Waals surface area contributed by atoms with Gasteiger partial charge in [-0.2, -0.15) is 0 Å². The number of oxime groups is 1. The van der Waals surface area contributed by atoms with Crippen molar-refractivity contribution < 1.29 is 9.23 Å². The van der Waals surface area contributed by atoms with Gasteiger partial charge in [-0.3, -0.25) is 0 Å². The monoisotopic (exact) mass is 289 g/mol. The van der Waals surface area contributed by atoms with Gasteiger partial charge < -0.3 is 4.84 Å². The van der Waals surface area contributed by atoms with Crippen molar-refractivity contribution in [1.29, 1.82) is 0 Å². The van der Waals surface area contributed by atoms with E-state index >= 15 is 0 Å². The molecule has 1 aliphatic rings. The third-order valence-corrected chi connectivity index (χ3v) is 3.54. The van der Waals surface area contributed by atoms with Gasteiger partial charge in [0.25, 0.3) is 0 Å². The van der Waals surface area contributed by atoms with Gasteiger partial charge in [0.05, 0.1) is 5.71 Å². The summed E-state index contributed by atoms with van der Waals surface area (Å²) in [6.07, 6.45) is 1.48. The van der Waals surface area contributed by atoms with Crippen LogP contribution in [0.5, 0.6) is 0 Å². The number of hydrogen-bond donors (Lipinski definition) is 0. The summed E-state index contributed by atoms with van der Waals surface area (Å²) >= 11 is 5.87. The van der Waals surface area contributed by atoms with E-state index in [0.29, 0.717) is 5.02 Å². The fourth-order valence-corrected chi connectivity index (χ4v) is 2.36. The summed E-state index contributed by atoms with van der Waals surface area (Å²) in [4.78, 5) is 5.45. The van der Waals surface area contributed by atoms with E-state index in [1.807, 2.05) is 24.3 Å². The molecule has 0 unspecified atom stereocenters. The van der Waals surface area contributed by atoms with Gasteiger partial charge in [-0.15, -0.1) is 0 Å². The minimum atomic E-state index is -0.223. The highest BCUT2D eigenvalue weighted by molar-refractivity contribution is 6.30. The summed E-state index contributed by atoms with van der Waals surface area (Å²) in [5.74, 6) is -0.223. The highest BCUT2D eigenvalue weighted by atomic mass is 35.5. The van der Waals surface area contributed by atoms with Gasteiger partial charge in [0.15, 0.2) is 0 Å². The molecule has 0 N–H and O–H groups in total. The van der Waals surface area contributed by atoms with E-state index in [2.05, 4.69) is 5.16 Å². The topological polar surface area (TPSA) is 21.6 Å². The summed E-state index contributed by atoms with van der Waals surface area (Å²) in [6.45, 7) is 0. The lowest BCUT2D eigenvalue weighted by atomic mass is 10.0. The van der Waals surface area contributed by atoms with Crippen molar-refractivity contribution in [3.63, 3.8) is 0 Å². The Morgan fingerprint density at radius 3 is 2.50 bits per heavy atom. The molecule has 1 atom stereocenters. The SMILES string of the molecule is Fc1ccc(C[C@H]2CC(c3ccc(Cl)cc3)=NO2)cc1. The molecule has 0 spiro atoms. The molecule has 0 aromatic heterocycles. The quantitative estimate of drug-likeness (QED) is 0.829. The van der Waals surface area contributed by atoms with Crippen LogP contribution in [0.25, 0.3) is 0 Å². The van der Waals surface area contributed by atoms with Crippen molar-refractivity contribution in [2.45, 2.75) is 18.9 Å². The van der Waals surface area contributed by atoms with Crippen LogP contribution in [0.2, 0.25) is 5.02 Å². The van der Waals surface area contributed by atoms with E-state index in [0.717, 1.165) is 29.7 Å². The maximum Gasteiger partial charge on any atom is 0.137 e. The van der Waals surface area contributed by atoms with Crippen LogP contribution in [-0.4, -0.2) is 11.8 Å². The molecule has 2 aromatic carbocycles. The first-order valence-electron chi connectivity index (χ1n) is 6.44. The molecule has 0 saturated heterocycles. The van der Waals surface area contributed by atoms with Gasteiger partial charge in [0.2, 0.25) is 0 Å². The van der Waals surface area contributed by atoms with Gasteiger partial charge in [-0.05, 0) is 35.4 Å². The lowest BCUT2D eigenvalue weighted by Crippen LogP contribution is -2.11. The largest absolute Gasteiger partial charge is 0.391 e. The fraction of sp³-hybridized carbons (Fsp3) is 0.188. The zero-order chi connectivity index (χ0) is 13.9. The predicted octanol–water partition coefficient (Wildman–Crippen LogP) is 4.21. The molecule has 102 valence electrons. The third-order valence-electron chi connectivity index (χ3n) is 3.29. The van der Waals surface area contributed by atoms with Crippen molar-refractivity contribution in [2.24, 2.45) is 5.16 Å². The third kappa shape index (κ3) is 2.99. The van der Waals surface area contributed by atoms with Crippen LogP contribution in [0.3, 0.4) is 0 Å². The number of hydrogen-bond acceptors (Lipinski definition) is 2. The molecular weight excluding hydrogens is 277 g/mol. The lowest BCUT2D eigenvalue weighted by molar-refractivity contribution is 0.0859. The first-order valence-corrected chi connectivity index (χ1v) is 6.81. The van der Waals surface area contributed by atoms with Crippen molar-refractivity contribution in [3.05, 3.63) is 70.5 Å². The number of nitrogens with zero attached hydrogens (tertiary/aromatic N) is 1. The van der Waals surface area contributed by atoms with E-state index in [1.54, 1.807) is 12.1 Å². The number of benzene rings is 2. The predicted molar refractivity (Wildman–Crippen MR) is 77.6 cm³/mol. The molecule has 2 aromatic rings. The normalized spacial score (nSPS) is 17.7. The molecule has 1 heterocycles. The number of rotatable bonds is 3. The van der Waals surface area contributed by atoms with Crippen LogP contribution in [0.4, 0.5) is 4.39 Å². The zero-order valence-corrected chi connectivity index (χ0v) is 11.5. The maximum absolute atomic E-state index is 12.9. The van der Waals surface area contributed by atoms with Gasteiger partial charge in [0, 0.05) is 17.9 Å². The smallest absolute Gasteiger partial charge is 0.137 e. The second kappa shape index (κ2) is 5.63. The number of halogens is 2. The first-order chi connectivity index (χ1) is 9.70. The average Bonchev–Trinajstić information content (AvgIpc) is 2.91. The van der Waals surface area contributed by atoms with E-state index in [1.165, 1.54) is 12.1 Å². The Balaban J connectivity index is 1.64. The average molecular weight is 290 g/mol. The molecule has 0 saturated carbocycles. The zero-order valence-electron chi connectivity index (χ0n) is 10.7. The Morgan fingerprint density at radius 1 is 1.10 bits per heavy atom. The molecule has 0 amide bonds. The molecule has 3 rings (SSSR count). The summed E-state index contributed by atoms with van der Waals surface area (Å²) in [6, 6.07) is 14.0. The second-order valence-electron chi connectivity index (χ2n) is 4.81. The van der Waals surface area contributed by atoms with Crippen LogP contribution in [0.1, 0.15) is 17.5 Å². The van der Waals surface area contributed by atoms with Crippen molar-refractivity contribution >= 4 is 17.3 Å². The van der Waals surface area contributed by atoms with Gasteiger partial charge in [0.1, 0.15) is 11.9 Å². The van der Waals surface area contributed by atoms with E-state index < -0.39 is 0 Å². The minimum absolute atomic E-state index is 0.00568. The van der Waals surface area contributed by atoms with Gasteiger partial charge in [-0.1, -0.05) is 41.0 Å². The Labute approximate surface area is 121 Å². The molecule has 4 heteroatoms. The Kier molecular flexibility index (Phi) is 3.70. The van der Waals surface area contributed by atoms with Crippen LogP contribution >= 0.6 is 11.6 Å². The van der Waals surface area contributed by atoms with Crippen molar-refractivity contribution in [3.8, 4) is 0 Å². The second-order valence-corrected chi connectivity index (χ2v) is 5.24. The van der Waals surface area contributed by atoms with Crippen molar-refractivity contribution in [1.82, 2.24) is 0 Å². The van der Waals surface area contributed by atoms with E-state index in [9.17, 15) is 4.39 Å². The molecule has 0 radical (unpaired) electrons. The highest BCUT2D eigenvalue weighted by Gasteiger charge is 2.22. The van der Waals surface area contributed by atoms with Crippen LogP contribution in [-0.2, 0) is 11.3 Å². The summed E-state index contributed by atoms with van der Waals surface area (Å²) in [5.41, 5.74) is 2.99. The van der Waals surface area contributed by atoms with Crippen LogP contribution in [0.15, 0.2) is 53.7 Å². The minimum Gasteiger partial charge on any atom is -0.391 e. The Bertz CT molecular complexity index is 622. The molecule has 0 aliphatic carbocycles. The Hall–Kier alpha value is -1.87. The first kappa shape index (κ1) is 13.1. The van der Waals surface area contributed by atoms with Crippen LogP contribution in [0, 0.1) is 5.82 Å². The molecular formula is C16H13ClFNO. The summed E-state index contributed by atoms with van der Waals surface area (Å²) in [7, 11) is 0. The molecule has 1 aliphatic heterocycles. The van der Waals surface area contributed by atoms with Gasteiger partial charge >= 0.3 is 0 Å². The van der Waals surface area contributed by atoms with E-state index in [4.69, 9.17) is 16.4 Å². The highest BCUT2D eigenvalue weighted by Crippen LogP contribution is 2.21. The maximum atomic E-state index is 12.9. The van der Waals surface area contributed by atoms with Crippen molar-refractivity contribution in [2.75, 3.05) is 0 Å². The van der Waals surface area contributed by atoms with E-state index in [-0.39, 0.29) is 11.9 Å². The molecule has 0 bridgehead atoms. The Morgan fingerprint density at radius 2 is 1.80 bits per heavy atom. The summed E-state index contributed by atoms with van der Waals surface area (Å²) < 4.78 is 12.9. The molecule has 2 nitrogen and oxygen atoms in total. The fourth-order valence-electron chi connectivity index (χ4n) is 2.23. The van der Waals surface area contributed by atoms with Gasteiger partial charge in [-0.25, -0.2) is 4.39 Å². The summed E-state index contributed by atoms with van der Waals surface area (Å²) in [5, 5.41) is 4.84. The molecule has 0 fully saturated rings. The molecule has 20 heavy (non-hydrogen) atoms.